The van der Waals surface area contributed by atoms with Gasteiger partial charge in [0, 0.05) is 53.2 Å². The first-order valence-corrected chi connectivity index (χ1v) is 17.5. The third-order valence-electron chi connectivity index (χ3n) is 8.52. The lowest BCUT2D eigenvalue weighted by atomic mass is 9.92. The van der Waals surface area contributed by atoms with Crippen LogP contribution in [0.4, 0.5) is 16.2 Å². The normalized spacial score (nSPS) is 16.6. The number of anilines is 2. The van der Waals surface area contributed by atoms with Crippen molar-refractivity contribution in [3.63, 3.8) is 0 Å². The molecule has 1 aromatic heterocycles. The fraction of sp³-hybridized carbons (Fsp3) is 0.324. The standard InChI is InChI=1S/C34H36ClN5O6S/c1-22-29(35)9-4-11-31(22)46-14-5-12-32(41)40-21-24-17-28(24)33-27(8-3-10-30(33)40)25-18-37-39(20-25)19-23-6-2-7-26(16-23)38-34(42)36-13-15-47(43,44)45/h2-4,6-11,16,18,20,24,28H,5,12-15,17,19,21H2,1H3,(H2,36,38,42)(H,43,44,45)/t24-,28-/m0/s1. The van der Waals surface area contributed by atoms with Crippen LogP contribution in [0.1, 0.15) is 41.9 Å². The number of hydrogen-bond donors (Lipinski definition) is 3. The molecule has 11 nitrogen and oxygen atoms in total. The molecule has 1 saturated carbocycles. The number of halogens is 1. The summed E-state index contributed by atoms with van der Waals surface area (Å²) in [6.07, 6.45) is 5.88. The average molecular weight is 678 g/mol. The number of aromatic nitrogens is 2. The van der Waals surface area contributed by atoms with Crippen molar-refractivity contribution in [3.05, 3.63) is 94.8 Å². The maximum atomic E-state index is 13.5. The van der Waals surface area contributed by atoms with Crippen molar-refractivity contribution < 1.29 is 27.3 Å². The summed E-state index contributed by atoms with van der Waals surface area (Å²) in [7, 11) is -4.16. The maximum Gasteiger partial charge on any atom is 0.319 e. The summed E-state index contributed by atoms with van der Waals surface area (Å²) >= 11 is 6.20. The first kappa shape index (κ1) is 32.5. The Morgan fingerprint density at radius 3 is 2.77 bits per heavy atom. The summed E-state index contributed by atoms with van der Waals surface area (Å²) in [5.41, 5.74) is 6.55. The van der Waals surface area contributed by atoms with E-state index in [1.54, 1.807) is 6.07 Å². The maximum absolute atomic E-state index is 13.5. The summed E-state index contributed by atoms with van der Waals surface area (Å²) in [5.74, 6) is 1.14. The Hall–Kier alpha value is -4.39. The lowest BCUT2D eigenvalue weighted by molar-refractivity contribution is -0.119. The quantitative estimate of drug-likeness (QED) is 0.126. The fourth-order valence-corrected chi connectivity index (χ4v) is 6.60. The Morgan fingerprint density at radius 1 is 1.13 bits per heavy atom. The van der Waals surface area contributed by atoms with E-state index in [0.717, 1.165) is 46.7 Å². The first-order chi connectivity index (χ1) is 22.6. The molecule has 47 heavy (non-hydrogen) atoms. The van der Waals surface area contributed by atoms with Gasteiger partial charge in [0.2, 0.25) is 5.91 Å². The third-order valence-corrected chi connectivity index (χ3v) is 9.64. The minimum atomic E-state index is -4.16. The highest BCUT2D eigenvalue weighted by molar-refractivity contribution is 7.85. The topological polar surface area (TPSA) is 143 Å². The summed E-state index contributed by atoms with van der Waals surface area (Å²) in [6.45, 7) is 3.33. The molecule has 2 aliphatic rings. The molecule has 13 heteroatoms. The van der Waals surface area contributed by atoms with Gasteiger partial charge in [-0.3, -0.25) is 14.0 Å². The number of nitrogens with one attached hydrogen (secondary N) is 2. The molecule has 0 saturated heterocycles. The molecule has 0 bridgehead atoms. The summed E-state index contributed by atoms with van der Waals surface area (Å²) in [6, 6.07) is 18.4. The second kappa shape index (κ2) is 13.8. The highest BCUT2D eigenvalue weighted by Crippen LogP contribution is 2.57. The molecule has 1 aliphatic heterocycles. The van der Waals surface area contributed by atoms with Crippen LogP contribution >= 0.6 is 11.6 Å². The number of benzene rings is 3. The van der Waals surface area contributed by atoms with E-state index < -0.39 is 21.9 Å². The Morgan fingerprint density at radius 2 is 1.94 bits per heavy atom. The smallest absolute Gasteiger partial charge is 0.319 e. The van der Waals surface area contributed by atoms with E-state index in [2.05, 4.69) is 21.8 Å². The monoisotopic (exact) mass is 677 g/mol. The van der Waals surface area contributed by atoms with Crippen molar-refractivity contribution in [2.75, 3.05) is 35.7 Å². The molecule has 3 N–H and O–H groups in total. The molecule has 0 radical (unpaired) electrons. The molecule has 0 unspecified atom stereocenters. The van der Waals surface area contributed by atoms with E-state index in [1.165, 1.54) is 5.56 Å². The van der Waals surface area contributed by atoms with Crippen molar-refractivity contribution >= 4 is 45.0 Å². The highest BCUT2D eigenvalue weighted by atomic mass is 35.5. The van der Waals surface area contributed by atoms with Crippen LogP contribution in [0, 0.1) is 12.8 Å². The molecule has 1 aliphatic carbocycles. The van der Waals surface area contributed by atoms with Crippen LogP contribution in [-0.2, 0) is 21.5 Å². The van der Waals surface area contributed by atoms with Crippen molar-refractivity contribution in [2.24, 2.45) is 5.92 Å². The molecular formula is C34H36ClN5O6S. The SMILES string of the molecule is Cc1c(Cl)cccc1OCCCC(=O)N1C[C@@H]2C[C@@H]2c2c(-c3cnn(Cc4cccc(NC(=O)NCCS(=O)(=O)O)c4)c3)cccc21. The molecule has 3 amide bonds. The largest absolute Gasteiger partial charge is 0.493 e. The number of amides is 3. The molecule has 6 rings (SSSR count). The van der Waals surface area contributed by atoms with Gasteiger partial charge in [0.1, 0.15) is 5.75 Å². The number of rotatable bonds is 12. The van der Waals surface area contributed by atoms with E-state index in [4.69, 9.17) is 20.9 Å². The number of fused-ring (bicyclic) bond motifs is 3. The Labute approximate surface area is 278 Å². The van der Waals surface area contributed by atoms with Gasteiger partial charge in [-0.2, -0.15) is 13.5 Å². The lowest BCUT2D eigenvalue weighted by Gasteiger charge is -2.30. The molecule has 0 spiro atoms. The molecule has 4 aromatic rings. The number of hydrogen-bond acceptors (Lipinski definition) is 6. The van der Waals surface area contributed by atoms with Crippen molar-refractivity contribution in [1.82, 2.24) is 15.1 Å². The number of nitrogens with zero attached hydrogens (tertiary/aromatic N) is 3. The van der Waals surface area contributed by atoms with Gasteiger partial charge in [-0.05, 0) is 78.6 Å². The van der Waals surface area contributed by atoms with Gasteiger partial charge in [-0.1, -0.05) is 41.9 Å². The predicted molar refractivity (Wildman–Crippen MR) is 181 cm³/mol. The second-order valence-electron chi connectivity index (χ2n) is 12.0. The van der Waals surface area contributed by atoms with Gasteiger partial charge < -0.3 is 20.3 Å². The molecule has 246 valence electrons. The van der Waals surface area contributed by atoms with Crippen LogP contribution in [-0.4, -0.2) is 60.1 Å². The minimum Gasteiger partial charge on any atom is -0.493 e. The zero-order valence-electron chi connectivity index (χ0n) is 25.9. The van der Waals surface area contributed by atoms with Crippen LogP contribution in [0.25, 0.3) is 11.1 Å². The van der Waals surface area contributed by atoms with Crippen LogP contribution in [0.5, 0.6) is 5.75 Å². The molecule has 2 atom stereocenters. The zero-order valence-corrected chi connectivity index (χ0v) is 27.4. The van der Waals surface area contributed by atoms with Gasteiger partial charge in [0.15, 0.2) is 0 Å². The Kier molecular flexibility index (Phi) is 9.53. The van der Waals surface area contributed by atoms with Crippen molar-refractivity contribution in [1.29, 1.82) is 0 Å². The fourth-order valence-electron chi connectivity index (χ4n) is 6.08. The predicted octanol–water partition coefficient (Wildman–Crippen LogP) is 5.88. The molecular weight excluding hydrogens is 642 g/mol. The average Bonchev–Trinajstić information content (AvgIpc) is 3.68. The van der Waals surface area contributed by atoms with E-state index >= 15 is 0 Å². The summed E-state index contributed by atoms with van der Waals surface area (Å²) < 4.78 is 38.3. The minimum absolute atomic E-state index is 0.0939. The number of urea groups is 1. The Bertz CT molecular complexity index is 1910. The van der Waals surface area contributed by atoms with Crippen LogP contribution in [0.15, 0.2) is 73.1 Å². The first-order valence-electron chi connectivity index (χ1n) is 15.5. The van der Waals surface area contributed by atoms with Crippen molar-refractivity contribution in [3.8, 4) is 16.9 Å². The molecule has 3 aromatic carbocycles. The van der Waals surface area contributed by atoms with Gasteiger partial charge in [-0.25, -0.2) is 4.79 Å². The summed E-state index contributed by atoms with van der Waals surface area (Å²) in [5, 5.41) is 10.3. The van der Waals surface area contributed by atoms with Gasteiger partial charge >= 0.3 is 6.03 Å². The highest BCUT2D eigenvalue weighted by Gasteiger charge is 2.47. The van der Waals surface area contributed by atoms with Gasteiger partial charge in [0.25, 0.3) is 10.1 Å². The van der Waals surface area contributed by atoms with Gasteiger partial charge in [0.05, 0.1) is 25.1 Å². The Balaban J connectivity index is 1.09. The summed E-state index contributed by atoms with van der Waals surface area (Å²) in [4.78, 5) is 27.5. The number of carbonyl (C=O) groups is 2. The lowest BCUT2D eigenvalue weighted by Crippen LogP contribution is -2.36. The van der Waals surface area contributed by atoms with Crippen LogP contribution in [0.2, 0.25) is 5.02 Å². The van der Waals surface area contributed by atoms with Gasteiger partial charge in [-0.15, -0.1) is 0 Å². The van der Waals surface area contributed by atoms with E-state index in [-0.39, 0.29) is 12.5 Å². The van der Waals surface area contributed by atoms with E-state index in [1.807, 2.05) is 77.4 Å². The zero-order chi connectivity index (χ0) is 33.1. The van der Waals surface area contributed by atoms with Crippen LogP contribution < -0.4 is 20.3 Å². The second-order valence-corrected chi connectivity index (χ2v) is 13.9. The van der Waals surface area contributed by atoms with Crippen LogP contribution in [0.3, 0.4) is 0 Å². The molecule has 2 heterocycles. The van der Waals surface area contributed by atoms with E-state index in [0.29, 0.717) is 48.5 Å². The van der Waals surface area contributed by atoms with Crippen molar-refractivity contribution in [2.45, 2.75) is 38.6 Å². The van der Waals surface area contributed by atoms with E-state index in [9.17, 15) is 18.0 Å². The molecule has 1 fully saturated rings. The number of ether oxygens (including phenoxy) is 1. The number of carbonyl (C=O) groups excluding carboxylic acids is 2. The third kappa shape index (κ3) is 7.95.